The monoisotopic (exact) mass is 205 g/mol. The molecule has 0 unspecified atom stereocenters. The van der Waals surface area contributed by atoms with Crippen molar-refractivity contribution >= 4 is 17.1 Å². The lowest BCUT2D eigenvalue weighted by molar-refractivity contribution is 0.808. The Labute approximate surface area is 88.5 Å². The molecule has 0 aliphatic heterocycles. The van der Waals surface area contributed by atoms with Crippen LogP contribution in [0.1, 0.15) is 0 Å². The van der Waals surface area contributed by atoms with Crippen LogP contribution in [0.4, 0.5) is 5.95 Å². The fourth-order valence-electron chi connectivity index (χ4n) is 1.65. The molecular formula is C10H15N5. The van der Waals surface area contributed by atoms with Crippen LogP contribution in [0, 0.1) is 0 Å². The van der Waals surface area contributed by atoms with E-state index in [1.807, 2.05) is 35.7 Å². The molecule has 0 amide bonds. The summed E-state index contributed by atoms with van der Waals surface area (Å²) in [5.74, 6) is 0.897. The van der Waals surface area contributed by atoms with Crippen LogP contribution in [0.2, 0.25) is 0 Å². The van der Waals surface area contributed by atoms with Crippen LogP contribution < -0.4 is 10.6 Å². The highest BCUT2D eigenvalue weighted by atomic mass is 15.3. The van der Waals surface area contributed by atoms with E-state index in [-0.39, 0.29) is 0 Å². The number of nitrogens with two attached hydrogens (primary N) is 1. The van der Waals surface area contributed by atoms with Gasteiger partial charge in [0.1, 0.15) is 0 Å². The van der Waals surface area contributed by atoms with Crippen LogP contribution in [0.25, 0.3) is 11.2 Å². The quantitative estimate of drug-likeness (QED) is 0.786. The molecule has 2 N–H and O–H groups in total. The van der Waals surface area contributed by atoms with Crippen LogP contribution >= 0.6 is 0 Å². The third-order valence-electron chi connectivity index (χ3n) is 2.44. The average molecular weight is 205 g/mol. The van der Waals surface area contributed by atoms with Crippen LogP contribution in [-0.2, 0) is 7.05 Å². The summed E-state index contributed by atoms with van der Waals surface area (Å²) in [5, 5.41) is 0. The smallest absolute Gasteiger partial charge is 0.207 e. The van der Waals surface area contributed by atoms with Gasteiger partial charge in [-0.05, 0) is 12.1 Å². The summed E-state index contributed by atoms with van der Waals surface area (Å²) in [4.78, 5) is 10.7. The number of hydrogen-bond acceptors (Lipinski definition) is 4. The average Bonchev–Trinajstić information content (AvgIpc) is 2.57. The lowest BCUT2D eigenvalue weighted by Gasteiger charge is -2.16. The van der Waals surface area contributed by atoms with Crippen molar-refractivity contribution in [2.45, 2.75) is 0 Å². The van der Waals surface area contributed by atoms with Crippen molar-refractivity contribution in [1.82, 2.24) is 14.5 Å². The highest BCUT2D eigenvalue weighted by Crippen LogP contribution is 2.17. The molecule has 5 heteroatoms. The second-order valence-electron chi connectivity index (χ2n) is 3.53. The fraction of sp³-hybridized carbons (Fsp3) is 0.400. The molecule has 15 heavy (non-hydrogen) atoms. The summed E-state index contributed by atoms with van der Waals surface area (Å²) >= 11 is 0. The normalized spacial score (nSPS) is 10.9. The second kappa shape index (κ2) is 3.86. The first-order valence-corrected chi connectivity index (χ1v) is 4.92. The maximum absolute atomic E-state index is 5.52. The fourth-order valence-corrected chi connectivity index (χ4v) is 1.65. The Balaban J connectivity index is 2.48. The number of aromatic nitrogens is 3. The molecule has 80 valence electrons. The molecular weight excluding hydrogens is 190 g/mol. The Kier molecular flexibility index (Phi) is 2.55. The van der Waals surface area contributed by atoms with Crippen LogP contribution in [0.15, 0.2) is 18.3 Å². The Bertz CT molecular complexity index is 462. The minimum absolute atomic E-state index is 0.618. The molecule has 0 saturated carbocycles. The van der Waals surface area contributed by atoms with E-state index in [4.69, 9.17) is 5.73 Å². The summed E-state index contributed by atoms with van der Waals surface area (Å²) in [6.45, 7) is 1.41. The van der Waals surface area contributed by atoms with Gasteiger partial charge in [0.2, 0.25) is 5.95 Å². The molecule has 0 atom stereocenters. The zero-order valence-corrected chi connectivity index (χ0v) is 9.01. The zero-order valence-electron chi connectivity index (χ0n) is 9.01. The number of pyridine rings is 1. The molecule has 0 bridgehead atoms. The number of fused-ring (bicyclic) bond motifs is 1. The highest BCUT2D eigenvalue weighted by molar-refractivity contribution is 5.74. The summed E-state index contributed by atoms with van der Waals surface area (Å²) < 4.78 is 2.03. The summed E-state index contributed by atoms with van der Waals surface area (Å²) in [5.41, 5.74) is 7.33. The number of hydrogen-bond donors (Lipinski definition) is 1. The van der Waals surface area contributed by atoms with Crippen LogP contribution in [0.5, 0.6) is 0 Å². The summed E-state index contributed by atoms with van der Waals surface area (Å²) in [7, 11) is 3.97. The standard InChI is InChI=1S/C10H15N5/c1-14(7-5-11)10-13-9-8(15(10)2)4-3-6-12-9/h3-4,6H,5,7,11H2,1-2H3. The van der Waals surface area contributed by atoms with Gasteiger partial charge in [-0.2, -0.15) is 4.98 Å². The van der Waals surface area contributed by atoms with E-state index in [9.17, 15) is 0 Å². The third kappa shape index (κ3) is 1.66. The highest BCUT2D eigenvalue weighted by Gasteiger charge is 2.10. The van der Waals surface area contributed by atoms with Gasteiger partial charge in [0, 0.05) is 33.4 Å². The molecule has 2 rings (SSSR count). The van der Waals surface area contributed by atoms with E-state index in [2.05, 4.69) is 9.97 Å². The molecule has 0 aliphatic carbocycles. The topological polar surface area (TPSA) is 60.0 Å². The zero-order chi connectivity index (χ0) is 10.8. The SMILES string of the molecule is CN(CCN)c1nc2ncccc2n1C. The van der Waals surface area contributed by atoms with Gasteiger partial charge in [-0.25, -0.2) is 4.98 Å². The van der Waals surface area contributed by atoms with E-state index < -0.39 is 0 Å². The van der Waals surface area contributed by atoms with Crippen LogP contribution in [-0.4, -0.2) is 34.7 Å². The van der Waals surface area contributed by atoms with Crippen molar-refractivity contribution in [3.8, 4) is 0 Å². The molecule has 2 heterocycles. The molecule has 2 aromatic rings. The van der Waals surface area contributed by atoms with Crippen LogP contribution in [0.3, 0.4) is 0 Å². The van der Waals surface area contributed by atoms with Gasteiger partial charge in [0.05, 0.1) is 5.52 Å². The Morgan fingerprint density at radius 3 is 3.00 bits per heavy atom. The molecule has 2 aromatic heterocycles. The first kappa shape index (κ1) is 9.92. The molecule has 0 saturated heterocycles. The van der Waals surface area contributed by atoms with Gasteiger partial charge in [-0.3, -0.25) is 0 Å². The van der Waals surface area contributed by atoms with Gasteiger partial charge in [-0.15, -0.1) is 0 Å². The molecule has 5 nitrogen and oxygen atoms in total. The Morgan fingerprint density at radius 1 is 1.53 bits per heavy atom. The maximum Gasteiger partial charge on any atom is 0.207 e. The Hall–Kier alpha value is -1.62. The minimum Gasteiger partial charge on any atom is -0.344 e. The maximum atomic E-state index is 5.52. The van der Waals surface area contributed by atoms with Gasteiger partial charge in [0.25, 0.3) is 0 Å². The predicted molar refractivity (Wildman–Crippen MR) is 60.8 cm³/mol. The lowest BCUT2D eigenvalue weighted by Crippen LogP contribution is -2.27. The van der Waals surface area contributed by atoms with E-state index in [0.717, 1.165) is 23.7 Å². The van der Waals surface area contributed by atoms with Crippen molar-refractivity contribution in [1.29, 1.82) is 0 Å². The van der Waals surface area contributed by atoms with Gasteiger partial charge < -0.3 is 15.2 Å². The molecule has 0 spiro atoms. The minimum atomic E-state index is 0.618. The van der Waals surface area contributed by atoms with Crippen molar-refractivity contribution in [2.75, 3.05) is 25.0 Å². The third-order valence-corrected chi connectivity index (χ3v) is 2.44. The second-order valence-corrected chi connectivity index (χ2v) is 3.53. The first-order chi connectivity index (χ1) is 7.24. The van der Waals surface area contributed by atoms with E-state index in [1.165, 1.54) is 0 Å². The van der Waals surface area contributed by atoms with E-state index >= 15 is 0 Å². The van der Waals surface area contributed by atoms with Crippen molar-refractivity contribution in [3.63, 3.8) is 0 Å². The number of aryl methyl sites for hydroxylation is 1. The summed E-state index contributed by atoms with van der Waals surface area (Å²) in [6, 6.07) is 3.92. The Morgan fingerprint density at radius 2 is 2.33 bits per heavy atom. The molecule has 0 aromatic carbocycles. The number of nitrogens with zero attached hydrogens (tertiary/aromatic N) is 4. The van der Waals surface area contributed by atoms with Crippen molar-refractivity contribution in [2.24, 2.45) is 12.8 Å². The largest absolute Gasteiger partial charge is 0.344 e. The van der Waals surface area contributed by atoms with E-state index in [1.54, 1.807) is 6.20 Å². The summed E-state index contributed by atoms with van der Waals surface area (Å²) in [6.07, 6.45) is 1.75. The number of anilines is 1. The van der Waals surface area contributed by atoms with Gasteiger partial charge in [-0.1, -0.05) is 0 Å². The van der Waals surface area contributed by atoms with E-state index in [0.29, 0.717) is 6.54 Å². The number of imidazole rings is 1. The lowest BCUT2D eigenvalue weighted by atomic mass is 10.4. The van der Waals surface area contributed by atoms with Crippen molar-refractivity contribution in [3.05, 3.63) is 18.3 Å². The molecule has 0 radical (unpaired) electrons. The number of likely N-dealkylation sites (N-methyl/N-ethyl adjacent to an activating group) is 1. The predicted octanol–water partition coefficient (Wildman–Crippen LogP) is 0.363. The number of rotatable bonds is 3. The van der Waals surface area contributed by atoms with Gasteiger partial charge >= 0.3 is 0 Å². The molecule has 0 fully saturated rings. The molecule has 0 aliphatic rings. The van der Waals surface area contributed by atoms with Gasteiger partial charge in [0.15, 0.2) is 5.65 Å². The first-order valence-electron chi connectivity index (χ1n) is 4.92. The van der Waals surface area contributed by atoms with Crippen molar-refractivity contribution < 1.29 is 0 Å².